The van der Waals surface area contributed by atoms with Crippen molar-refractivity contribution in [3.8, 4) is 11.4 Å². The molecule has 1 aromatic heterocycles. The van der Waals surface area contributed by atoms with Crippen molar-refractivity contribution in [3.05, 3.63) is 78.4 Å². The Hall–Kier alpha value is -3.74. The number of benzene rings is 1. The van der Waals surface area contributed by atoms with Crippen LogP contribution in [-0.2, 0) is 19.1 Å². The van der Waals surface area contributed by atoms with Gasteiger partial charge in [0.25, 0.3) is 0 Å². The van der Waals surface area contributed by atoms with Crippen molar-refractivity contribution in [2.45, 2.75) is 0 Å². The predicted octanol–water partition coefficient (Wildman–Crippen LogP) is 2.63. The number of anilines is 1. The summed E-state index contributed by atoms with van der Waals surface area (Å²) in [6.07, 6.45) is 9.89. The van der Waals surface area contributed by atoms with Gasteiger partial charge in [-0.1, -0.05) is 6.08 Å². The van der Waals surface area contributed by atoms with Gasteiger partial charge in [-0.2, -0.15) is 0 Å². The van der Waals surface area contributed by atoms with Crippen LogP contribution in [0.2, 0.25) is 0 Å². The Kier molecular flexibility index (Phi) is 5.41. The van der Waals surface area contributed by atoms with Gasteiger partial charge < -0.3 is 14.4 Å². The van der Waals surface area contributed by atoms with E-state index in [0.29, 0.717) is 11.5 Å². The predicted molar refractivity (Wildman–Crippen MR) is 99.3 cm³/mol. The summed E-state index contributed by atoms with van der Waals surface area (Å²) < 4.78 is 9.69. The summed E-state index contributed by atoms with van der Waals surface area (Å²) in [5, 5.41) is 0. The number of aromatic nitrogens is 2. The number of carbonyl (C=O) groups excluding carboxylic acids is 2. The summed E-state index contributed by atoms with van der Waals surface area (Å²) in [7, 11) is 2.52. The van der Waals surface area contributed by atoms with E-state index in [1.807, 2.05) is 12.1 Å². The van der Waals surface area contributed by atoms with E-state index in [9.17, 15) is 9.59 Å². The van der Waals surface area contributed by atoms with E-state index in [2.05, 4.69) is 9.97 Å². The molecule has 3 rings (SSSR count). The molecule has 136 valence electrons. The molecule has 0 atom stereocenters. The quantitative estimate of drug-likeness (QED) is 0.772. The molecular formula is C20H17N3O4. The molecule has 0 unspecified atom stereocenters. The zero-order valence-corrected chi connectivity index (χ0v) is 14.8. The third kappa shape index (κ3) is 3.77. The Morgan fingerprint density at radius 2 is 1.59 bits per heavy atom. The fourth-order valence-electron chi connectivity index (χ4n) is 2.58. The van der Waals surface area contributed by atoms with Gasteiger partial charge in [-0.15, -0.1) is 0 Å². The lowest BCUT2D eigenvalue weighted by atomic mass is 10.1. The maximum atomic E-state index is 12.4. The van der Waals surface area contributed by atoms with E-state index in [0.717, 1.165) is 5.56 Å². The van der Waals surface area contributed by atoms with E-state index in [1.165, 1.54) is 20.3 Å². The molecule has 1 aromatic carbocycles. The van der Waals surface area contributed by atoms with Crippen molar-refractivity contribution in [1.82, 2.24) is 9.97 Å². The fraction of sp³-hybridized carbons (Fsp3) is 0.100. The summed E-state index contributed by atoms with van der Waals surface area (Å²) in [6.45, 7) is 0. The first-order valence-electron chi connectivity index (χ1n) is 8.08. The van der Waals surface area contributed by atoms with Gasteiger partial charge >= 0.3 is 11.9 Å². The number of esters is 2. The van der Waals surface area contributed by atoms with Crippen molar-refractivity contribution in [2.24, 2.45) is 0 Å². The third-order valence-corrected chi connectivity index (χ3v) is 3.86. The van der Waals surface area contributed by atoms with Crippen LogP contribution in [0.15, 0.2) is 78.4 Å². The van der Waals surface area contributed by atoms with Gasteiger partial charge in [-0.05, 0) is 42.5 Å². The number of nitrogens with zero attached hydrogens (tertiary/aromatic N) is 3. The minimum absolute atomic E-state index is 0.0676. The van der Waals surface area contributed by atoms with Crippen molar-refractivity contribution < 1.29 is 19.1 Å². The zero-order valence-electron chi connectivity index (χ0n) is 14.8. The van der Waals surface area contributed by atoms with Crippen LogP contribution >= 0.6 is 0 Å². The lowest BCUT2D eigenvalue weighted by molar-refractivity contribution is -0.139. The Balaban J connectivity index is 2.05. The second kappa shape index (κ2) is 8.09. The summed E-state index contributed by atoms with van der Waals surface area (Å²) >= 11 is 0. The van der Waals surface area contributed by atoms with Crippen LogP contribution in [0.25, 0.3) is 11.4 Å². The Labute approximate surface area is 156 Å². The molecule has 0 spiro atoms. The molecule has 7 heteroatoms. The highest BCUT2D eigenvalue weighted by Crippen LogP contribution is 2.28. The van der Waals surface area contributed by atoms with Crippen LogP contribution in [-0.4, -0.2) is 36.1 Å². The van der Waals surface area contributed by atoms with Crippen molar-refractivity contribution in [2.75, 3.05) is 19.1 Å². The Morgan fingerprint density at radius 3 is 2.22 bits per heavy atom. The standard InChI is InChI=1S/C20H17N3O4/c1-26-19(24)16-6-3-4-13-23(17(16)20(25)27-2)15-9-7-14(8-10-15)18-21-11-5-12-22-18/h3-13H,1-2H3. The molecule has 27 heavy (non-hydrogen) atoms. The molecular weight excluding hydrogens is 346 g/mol. The average molecular weight is 363 g/mol. The molecule has 0 radical (unpaired) electrons. The normalized spacial score (nSPS) is 13.3. The molecule has 0 bridgehead atoms. The minimum atomic E-state index is -0.651. The first-order valence-corrected chi connectivity index (χ1v) is 8.08. The van der Waals surface area contributed by atoms with E-state index in [1.54, 1.807) is 53.8 Å². The van der Waals surface area contributed by atoms with Gasteiger partial charge in [0.1, 0.15) is 5.70 Å². The molecule has 2 aromatic rings. The van der Waals surface area contributed by atoms with E-state index in [-0.39, 0.29) is 11.3 Å². The fourth-order valence-corrected chi connectivity index (χ4v) is 2.58. The second-order valence-corrected chi connectivity index (χ2v) is 5.44. The lowest BCUT2D eigenvalue weighted by Crippen LogP contribution is -2.26. The SMILES string of the molecule is COC(=O)C1=C(C(=O)OC)N(c2ccc(-c3ncccn3)cc2)C=CC=C1. The first kappa shape index (κ1) is 18.1. The lowest BCUT2D eigenvalue weighted by Gasteiger charge is -2.23. The molecule has 0 N–H and O–H groups in total. The zero-order chi connectivity index (χ0) is 19.2. The molecule has 7 nitrogen and oxygen atoms in total. The number of carbonyl (C=O) groups is 2. The van der Waals surface area contributed by atoms with Crippen LogP contribution in [0.5, 0.6) is 0 Å². The molecule has 0 fully saturated rings. The number of allylic oxidation sites excluding steroid dienone is 2. The largest absolute Gasteiger partial charge is 0.465 e. The molecule has 2 heterocycles. The van der Waals surface area contributed by atoms with Crippen LogP contribution in [0.4, 0.5) is 5.69 Å². The smallest absolute Gasteiger partial charge is 0.355 e. The number of hydrogen-bond donors (Lipinski definition) is 0. The summed E-state index contributed by atoms with van der Waals surface area (Å²) in [5.74, 6) is -0.687. The highest BCUT2D eigenvalue weighted by molar-refractivity contribution is 6.05. The van der Waals surface area contributed by atoms with Crippen molar-refractivity contribution in [1.29, 1.82) is 0 Å². The van der Waals surface area contributed by atoms with Gasteiger partial charge in [0, 0.05) is 29.8 Å². The molecule has 0 amide bonds. The molecule has 0 saturated carbocycles. The summed E-state index contributed by atoms with van der Waals surface area (Å²) in [6, 6.07) is 9.03. The molecule has 1 aliphatic rings. The Morgan fingerprint density at radius 1 is 0.926 bits per heavy atom. The average Bonchev–Trinajstić information content (AvgIpc) is 2.96. The van der Waals surface area contributed by atoms with Crippen LogP contribution < -0.4 is 4.90 Å². The molecule has 0 aliphatic carbocycles. The molecule has 1 aliphatic heterocycles. The van der Waals surface area contributed by atoms with Crippen LogP contribution in [0, 0.1) is 0 Å². The maximum absolute atomic E-state index is 12.4. The van der Waals surface area contributed by atoms with Gasteiger partial charge in [-0.25, -0.2) is 19.6 Å². The van der Waals surface area contributed by atoms with E-state index >= 15 is 0 Å². The third-order valence-electron chi connectivity index (χ3n) is 3.86. The summed E-state index contributed by atoms with van der Waals surface area (Å²) in [4.78, 5) is 34.6. The maximum Gasteiger partial charge on any atom is 0.355 e. The van der Waals surface area contributed by atoms with E-state index < -0.39 is 11.9 Å². The highest BCUT2D eigenvalue weighted by atomic mass is 16.5. The molecule has 0 saturated heterocycles. The minimum Gasteiger partial charge on any atom is -0.465 e. The van der Waals surface area contributed by atoms with Crippen molar-refractivity contribution >= 4 is 17.6 Å². The van der Waals surface area contributed by atoms with Crippen LogP contribution in [0.1, 0.15) is 0 Å². The number of methoxy groups -OCH3 is 2. The van der Waals surface area contributed by atoms with Crippen LogP contribution in [0.3, 0.4) is 0 Å². The number of ether oxygens (including phenoxy) is 2. The number of rotatable bonds is 4. The van der Waals surface area contributed by atoms with E-state index in [4.69, 9.17) is 9.47 Å². The highest BCUT2D eigenvalue weighted by Gasteiger charge is 2.27. The second-order valence-electron chi connectivity index (χ2n) is 5.44. The van der Waals surface area contributed by atoms with Crippen molar-refractivity contribution in [3.63, 3.8) is 0 Å². The van der Waals surface area contributed by atoms with Gasteiger partial charge in [-0.3, -0.25) is 0 Å². The Bertz CT molecular complexity index is 931. The first-order chi connectivity index (χ1) is 13.2. The van der Waals surface area contributed by atoms with Gasteiger partial charge in [0.2, 0.25) is 0 Å². The van der Waals surface area contributed by atoms with Gasteiger partial charge in [0.15, 0.2) is 5.82 Å². The number of hydrogen-bond acceptors (Lipinski definition) is 7. The monoisotopic (exact) mass is 363 g/mol. The summed E-state index contributed by atoms with van der Waals surface area (Å²) in [5.41, 5.74) is 1.66. The van der Waals surface area contributed by atoms with Gasteiger partial charge in [0.05, 0.1) is 19.8 Å². The topological polar surface area (TPSA) is 81.6 Å².